The number of aromatic nitrogens is 1. The molecule has 76 valence electrons. The van der Waals surface area contributed by atoms with Crippen LogP contribution in [0.5, 0.6) is 0 Å². The van der Waals surface area contributed by atoms with E-state index in [1.165, 1.54) is 18.5 Å². The zero-order valence-corrected chi connectivity index (χ0v) is 7.43. The molecule has 14 heavy (non-hydrogen) atoms. The van der Waals surface area contributed by atoms with Gasteiger partial charge in [-0.2, -0.15) is 0 Å². The van der Waals surface area contributed by atoms with Crippen molar-refractivity contribution in [2.24, 2.45) is 0 Å². The van der Waals surface area contributed by atoms with Gasteiger partial charge in [-0.05, 0) is 0 Å². The van der Waals surface area contributed by atoms with Gasteiger partial charge in [0.25, 0.3) is 0 Å². The number of ether oxygens (including phenoxy) is 1. The van der Waals surface area contributed by atoms with Crippen LogP contribution in [-0.2, 0) is 9.57 Å². The SMILES string of the molecule is C=COCCONC(=O)c1ccno1. The summed E-state index contributed by atoms with van der Waals surface area (Å²) in [5.41, 5.74) is 2.16. The molecule has 0 radical (unpaired) electrons. The fraction of sp³-hybridized carbons (Fsp3) is 0.250. The Hall–Kier alpha value is -1.82. The summed E-state index contributed by atoms with van der Waals surface area (Å²) in [5, 5.41) is 3.37. The Morgan fingerprint density at radius 2 is 2.57 bits per heavy atom. The number of hydrogen-bond acceptors (Lipinski definition) is 5. The molecule has 6 heteroatoms. The van der Waals surface area contributed by atoms with Crippen molar-refractivity contribution in [1.82, 2.24) is 10.6 Å². The molecule has 0 atom stereocenters. The van der Waals surface area contributed by atoms with Gasteiger partial charge in [0.05, 0.1) is 12.5 Å². The quantitative estimate of drug-likeness (QED) is 0.409. The molecule has 0 saturated heterocycles. The molecule has 0 saturated carbocycles. The first kappa shape index (κ1) is 10.3. The van der Waals surface area contributed by atoms with E-state index in [-0.39, 0.29) is 12.4 Å². The lowest BCUT2D eigenvalue weighted by Crippen LogP contribution is -2.24. The van der Waals surface area contributed by atoms with Crippen molar-refractivity contribution < 1.29 is 18.9 Å². The number of hydroxylamine groups is 1. The van der Waals surface area contributed by atoms with Crippen molar-refractivity contribution in [3.63, 3.8) is 0 Å². The van der Waals surface area contributed by atoms with Gasteiger partial charge in [-0.15, -0.1) is 0 Å². The molecule has 0 fully saturated rings. The summed E-state index contributed by atoms with van der Waals surface area (Å²) < 4.78 is 9.34. The van der Waals surface area contributed by atoms with Crippen molar-refractivity contribution in [2.45, 2.75) is 0 Å². The standard InChI is InChI=1S/C8H10N2O4/c1-2-12-5-6-13-10-8(11)7-3-4-9-14-7/h2-4H,1,5-6H2,(H,10,11). The highest BCUT2D eigenvalue weighted by molar-refractivity contribution is 5.90. The molecular formula is C8H10N2O4. The number of amides is 1. The summed E-state index contributed by atoms with van der Waals surface area (Å²) >= 11 is 0. The zero-order chi connectivity index (χ0) is 10.2. The molecule has 0 bridgehead atoms. The van der Waals surface area contributed by atoms with E-state index in [0.717, 1.165) is 0 Å². The first-order valence-corrected chi connectivity index (χ1v) is 3.90. The number of rotatable bonds is 6. The van der Waals surface area contributed by atoms with Gasteiger partial charge in [-0.1, -0.05) is 11.7 Å². The summed E-state index contributed by atoms with van der Waals surface area (Å²) in [4.78, 5) is 15.9. The van der Waals surface area contributed by atoms with Crippen molar-refractivity contribution in [3.05, 3.63) is 30.9 Å². The van der Waals surface area contributed by atoms with Crippen LogP contribution in [0.15, 0.2) is 29.6 Å². The Balaban J connectivity index is 2.13. The first-order chi connectivity index (χ1) is 6.84. The Bertz CT molecular complexity index is 284. The molecule has 1 aromatic heterocycles. The smallest absolute Gasteiger partial charge is 0.313 e. The minimum Gasteiger partial charge on any atom is -0.499 e. The minimum atomic E-state index is -0.485. The molecular weight excluding hydrogens is 188 g/mol. The van der Waals surface area contributed by atoms with Gasteiger partial charge in [-0.3, -0.25) is 9.63 Å². The molecule has 1 amide bonds. The maximum atomic E-state index is 11.1. The second-order valence-corrected chi connectivity index (χ2v) is 2.19. The van der Waals surface area contributed by atoms with Gasteiger partial charge >= 0.3 is 5.91 Å². The number of carbonyl (C=O) groups is 1. The van der Waals surface area contributed by atoms with E-state index >= 15 is 0 Å². The van der Waals surface area contributed by atoms with Crippen LogP contribution in [0.25, 0.3) is 0 Å². The summed E-state index contributed by atoms with van der Waals surface area (Å²) in [6.07, 6.45) is 2.66. The molecule has 0 aromatic carbocycles. The lowest BCUT2D eigenvalue weighted by Gasteiger charge is -2.02. The number of hydrogen-bond donors (Lipinski definition) is 1. The number of carbonyl (C=O) groups excluding carboxylic acids is 1. The van der Waals surface area contributed by atoms with E-state index < -0.39 is 5.91 Å². The van der Waals surface area contributed by atoms with Crippen molar-refractivity contribution in [3.8, 4) is 0 Å². The van der Waals surface area contributed by atoms with E-state index in [0.29, 0.717) is 6.61 Å². The highest BCUT2D eigenvalue weighted by Gasteiger charge is 2.08. The molecule has 6 nitrogen and oxygen atoms in total. The van der Waals surface area contributed by atoms with Crippen molar-refractivity contribution in [1.29, 1.82) is 0 Å². The van der Waals surface area contributed by atoms with Crippen LogP contribution in [-0.4, -0.2) is 24.3 Å². The maximum absolute atomic E-state index is 11.1. The highest BCUT2D eigenvalue weighted by Crippen LogP contribution is 1.95. The third kappa shape index (κ3) is 3.28. The van der Waals surface area contributed by atoms with Crippen molar-refractivity contribution >= 4 is 5.91 Å². The van der Waals surface area contributed by atoms with E-state index in [9.17, 15) is 4.79 Å². The predicted octanol–water partition coefficient (Wildman–Crippen LogP) is 0.496. The normalized spacial score (nSPS) is 9.43. The van der Waals surface area contributed by atoms with Crippen LogP contribution >= 0.6 is 0 Å². The third-order valence-corrected chi connectivity index (χ3v) is 1.25. The maximum Gasteiger partial charge on any atom is 0.313 e. The predicted molar refractivity (Wildman–Crippen MR) is 46.1 cm³/mol. The van der Waals surface area contributed by atoms with E-state index in [1.54, 1.807) is 0 Å². The van der Waals surface area contributed by atoms with Crippen LogP contribution < -0.4 is 5.48 Å². The van der Waals surface area contributed by atoms with Crippen LogP contribution in [0.2, 0.25) is 0 Å². The van der Waals surface area contributed by atoms with Gasteiger partial charge in [-0.25, -0.2) is 5.48 Å². The molecule has 0 aliphatic heterocycles. The highest BCUT2D eigenvalue weighted by atomic mass is 16.7. The van der Waals surface area contributed by atoms with Gasteiger partial charge in [0.1, 0.15) is 13.2 Å². The molecule has 0 aliphatic carbocycles. The summed E-state index contributed by atoms with van der Waals surface area (Å²) in [6.45, 7) is 3.89. The fourth-order valence-corrected chi connectivity index (χ4v) is 0.673. The largest absolute Gasteiger partial charge is 0.499 e. The van der Waals surface area contributed by atoms with E-state index in [2.05, 4.69) is 21.7 Å². The second kappa shape index (κ2) is 5.76. The third-order valence-electron chi connectivity index (χ3n) is 1.25. The van der Waals surface area contributed by atoms with Crippen LogP contribution in [0.1, 0.15) is 10.6 Å². The van der Waals surface area contributed by atoms with Crippen LogP contribution in [0.3, 0.4) is 0 Å². The van der Waals surface area contributed by atoms with Gasteiger partial charge in [0, 0.05) is 6.07 Å². The van der Waals surface area contributed by atoms with E-state index in [4.69, 9.17) is 9.57 Å². The fourth-order valence-electron chi connectivity index (χ4n) is 0.673. The Kier molecular flexibility index (Phi) is 4.22. The van der Waals surface area contributed by atoms with Gasteiger partial charge in [0.2, 0.25) is 5.76 Å². The minimum absolute atomic E-state index is 0.0923. The average molecular weight is 198 g/mol. The average Bonchev–Trinajstić information content (AvgIpc) is 2.70. The summed E-state index contributed by atoms with van der Waals surface area (Å²) in [7, 11) is 0. The number of nitrogens with one attached hydrogen (secondary N) is 1. The molecule has 1 rings (SSSR count). The second-order valence-electron chi connectivity index (χ2n) is 2.19. The Labute approximate surface area is 80.4 Å². The van der Waals surface area contributed by atoms with Crippen molar-refractivity contribution in [2.75, 3.05) is 13.2 Å². The van der Waals surface area contributed by atoms with E-state index in [1.807, 2.05) is 0 Å². The molecule has 0 aliphatic rings. The first-order valence-electron chi connectivity index (χ1n) is 3.90. The molecule has 1 N–H and O–H groups in total. The number of nitrogens with zero attached hydrogens (tertiary/aromatic N) is 1. The monoisotopic (exact) mass is 198 g/mol. The lowest BCUT2D eigenvalue weighted by atomic mass is 10.4. The van der Waals surface area contributed by atoms with Gasteiger partial charge < -0.3 is 9.26 Å². The molecule has 0 unspecified atom stereocenters. The summed E-state index contributed by atoms with van der Waals surface area (Å²) in [6, 6.07) is 1.43. The van der Waals surface area contributed by atoms with Gasteiger partial charge in [0.15, 0.2) is 0 Å². The Morgan fingerprint density at radius 1 is 1.71 bits per heavy atom. The van der Waals surface area contributed by atoms with Crippen LogP contribution in [0.4, 0.5) is 0 Å². The lowest BCUT2D eigenvalue weighted by molar-refractivity contribution is 0.0123. The Morgan fingerprint density at radius 3 is 3.21 bits per heavy atom. The molecule has 1 aromatic rings. The van der Waals surface area contributed by atoms with Crippen LogP contribution in [0, 0.1) is 0 Å². The zero-order valence-electron chi connectivity index (χ0n) is 7.43. The topological polar surface area (TPSA) is 73.6 Å². The molecule has 0 spiro atoms. The molecule has 1 heterocycles. The summed E-state index contributed by atoms with van der Waals surface area (Å²) in [5.74, 6) is -0.393.